The van der Waals surface area contributed by atoms with Gasteiger partial charge in [0.1, 0.15) is 0 Å². The van der Waals surface area contributed by atoms with Gasteiger partial charge in [-0.3, -0.25) is 4.79 Å². The quantitative estimate of drug-likeness (QED) is 0.846. The molecule has 0 saturated carbocycles. The van der Waals surface area contributed by atoms with E-state index in [9.17, 15) is 4.79 Å². The third-order valence-corrected chi connectivity index (χ3v) is 2.82. The van der Waals surface area contributed by atoms with Crippen molar-refractivity contribution in [1.82, 2.24) is 5.32 Å². The van der Waals surface area contributed by atoms with Crippen LogP contribution in [-0.4, -0.2) is 12.5 Å². The second-order valence-electron chi connectivity index (χ2n) is 4.03. The van der Waals surface area contributed by atoms with Crippen molar-refractivity contribution in [3.8, 4) is 6.07 Å². The van der Waals surface area contributed by atoms with E-state index in [4.69, 9.17) is 5.26 Å². The van der Waals surface area contributed by atoms with Crippen LogP contribution in [0.2, 0.25) is 0 Å². The van der Waals surface area contributed by atoms with Crippen LogP contribution in [0.3, 0.4) is 0 Å². The maximum Gasteiger partial charge on any atom is 0.225 e. The van der Waals surface area contributed by atoms with Crippen LogP contribution in [0.1, 0.15) is 18.7 Å². The Bertz CT molecular complexity index is 362. The van der Waals surface area contributed by atoms with Gasteiger partial charge in [-0.1, -0.05) is 6.07 Å². The molecule has 80 valence electrons. The molecule has 0 bridgehead atoms. The monoisotopic (exact) mass is 222 g/mol. The second-order valence-corrected chi connectivity index (χ2v) is 5.06. The minimum Gasteiger partial charge on any atom is -0.354 e. The summed E-state index contributed by atoms with van der Waals surface area (Å²) in [6.45, 7) is 4.00. The fourth-order valence-electron chi connectivity index (χ4n) is 0.993. The molecule has 0 atom stereocenters. The van der Waals surface area contributed by atoms with Gasteiger partial charge in [0, 0.05) is 11.4 Å². The van der Waals surface area contributed by atoms with Crippen LogP contribution in [0.15, 0.2) is 17.5 Å². The average Bonchev–Trinajstić information content (AvgIpc) is 2.68. The molecule has 3 nitrogen and oxygen atoms in total. The Morgan fingerprint density at radius 1 is 1.67 bits per heavy atom. The van der Waals surface area contributed by atoms with E-state index < -0.39 is 5.41 Å². The largest absolute Gasteiger partial charge is 0.354 e. The maximum absolute atomic E-state index is 11.5. The summed E-state index contributed by atoms with van der Waals surface area (Å²) in [6.07, 6.45) is 0.402. The number of rotatable bonds is 4. The van der Waals surface area contributed by atoms with E-state index in [0.717, 1.165) is 4.88 Å². The highest BCUT2D eigenvalue weighted by Gasteiger charge is 2.17. The normalized spacial score (nSPS) is 10.7. The molecule has 15 heavy (non-hydrogen) atoms. The van der Waals surface area contributed by atoms with Crippen molar-refractivity contribution in [2.75, 3.05) is 6.54 Å². The summed E-state index contributed by atoms with van der Waals surface area (Å²) < 4.78 is 0. The molecule has 0 saturated heterocycles. The van der Waals surface area contributed by atoms with Gasteiger partial charge in [0.2, 0.25) is 5.91 Å². The average molecular weight is 222 g/mol. The minimum atomic E-state index is -0.495. The molecule has 1 amide bonds. The first-order valence-corrected chi connectivity index (χ1v) is 5.62. The lowest BCUT2D eigenvalue weighted by molar-refractivity contribution is -0.120. The van der Waals surface area contributed by atoms with Crippen molar-refractivity contribution in [3.05, 3.63) is 22.4 Å². The number of carbonyl (C=O) groups excluding carboxylic acids is 1. The van der Waals surface area contributed by atoms with Gasteiger partial charge >= 0.3 is 0 Å². The Morgan fingerprint density at radius 2 is 2.40 bits per heavy atom. The lowest BCUT2D eigenvalue weighted by Gasteiger charge is -2.15. The first-order chi connectivity index (χ1) is 7.03. The van der Waals surface area contributed by atoms with E-state index in [-0.39, 0.29) is 5.91 Å². The highest BCUT2D eigenvalue weighted by atomic mass is 32.1. The molecule has 0 spiro atoms. The predicted molar refractivity (Wildman–Crippen MR) is 60.4 cm³/mol. The van der Waals surface area contributed by atoms with Gasteiger partial charge in [-0.2, -0.15) is 5.26 Å². The first kappa shape index (κ1) is 11.7. The highest BCUT2D eigenvalue weighted by molar-refractivity contribution is 7.10. The smallest absolute Gasteiger partial charge is 0.225 e. The molecule has 1 N–H and O–H groups in total. The Balaban J connectivity index is 2.35. The van der Waals surface area contributed by atoms with Crippen LogP contribution < -0.4 is 5.32 Å². The zero-order chi connectivity index (χ0) is 11.3. The summed E-state index contributed by atoms with van der Waals surface area (Å²) in [5, 5.41) is 13.5. The molecule has 0 aromatic carbocycles. The van der Waals surface area contributed by atoms with Crippen molar-refractivity contribution in [2.24, 2.45) is 5.41 Å². The number of carbonyl (C=O) groups is 1. The van der Waals surface area contributed by atoms with E-state index in [1.54, 1.807) is 25.2 Å². The van der Waals surface area contributed by atoms with Crippen LogP contribution in [0.25, 0.3) is 0 Å². The van der Waals surface area contributed by atoms with E-state index in [1.807, 2.05) is 17.5 Å². The Hall–Kier alpha value is -1.34. The van der Waals surface area contributed by atoms with E-state index in [2.05, 4.69) is 11.4 Å². The van der Waals surface area contributed by atoms with Gasteiger partial charge in [0.05, 0.1) is 17.9 Å². The molecule has 0 aliphatic carbocycles. The summed E-state index contributed by atoms with van der Waals surface area (Å²) >= 11 is 1.56. The molecule has 1 heterocycles. The van der Waals surface area contributed by atoms with Crippen LogP contribution in [0.4, 0.5) is 0 Å². The third kappa shape index (κ3) is 4.13. The van der Waals surface area contributed by atoms with Crippen LogP contribution in [0.5, 0.6) is 0 Å². The molecule has 0 aliphatic heterocycles. The number of hydrogen-bond acceptors (Lipinski definition) is 3. The van der Waals surface area contributed by atoms with Crippen molar-refractivity contribution in [1.29, 1.82) is 5.26 Å². The fourth-order valence-corrected chi connectivity index (χ4v) is 1.70. The van der Waals surface area contributed by atoms with E-state index >= 15 is 0 Å². The molecule has 0 unspecified atom stereocenters. The lowest BCUT2D eigenvalue weighted by atomic mass is 9.96. The number of hydrogen-bond donors (Lipinski definition) is 1. The zero-order valence-electron chi connectivity index (χ0n) is 8.91. The van der Waals surface area contributed by atoms with E-state index in [0.29, 0.717) is 13.0 Å². The standard InChI is InChI=1S/C11H14N2OS/c1-11(2,7-12)8-13-10(14)6-9-4-3-5-15-9/h3-5H,6,8H2,1-2H3,(H,13,14). The van der Waals surface area contributed by atoms with Crippen molar-refractivity contribution < 1.29 is 4.79 Å². The fraction of sp³-hybridized carbons (Fsp3) is 0.455. The van der Waals surface area contributed by atoms with Gasteiger partial charge in [0.15, 0.2) is 0 Å². The summed E-state index contributed by atoms with van der Waals surface area (Å²) in [5.74, 6) is -0.0271. The van der Waals surface area contributed by atoms with Crippen LogP contribution in [-0.2, 0) is 11.2 Å². The molecule has 4 heteroatoms. The number of amides is 1. The molecule has 1 aromatic heterocycles. The zero-order valence-corrected chi connectivity index (χ0v) is 9.73. The van der Waals surface area contributed by atoms with Crippen LogP contribution in [0, 0.1) is 16.7 Å². The van der Waals surface area contributed by atoms with Gasteiger partial charge in [-0.15, -0.1) is 11.3 Å². The highest BCUT2D eigenvalue weighted by Crippen LogP contribution is 2.12. The summed E-state index contributed by atoms with van der Waals surface area (Å²) in [6, 6.07) is 6.00. The Kier molecular flexibility index (Phi) is 3.87. The Morgan fingerprint density at radius 3 is 2.93 bits per heavy atom. The Labute approximate surface area is 93.7 Å². The number of nitriles is 1. The maximum atomic E-state index is 11.5. The number of nitrogens with zero attached hydrogens (tertiary/aromatic N) is 1. The van der Waals surface area contributed by atoms with Gasteiger partial charge in [0.25, 0.3) is 0 Å². The topological polar surface area (TPSA) is 52.9 Å². The molecule has 0 fully saturated rings. The third-order valence-electron chi connectivity index (χ3n) is 1.95. The molecule has 0 radical (unpaired) electrons. The summed E-state index contributed by atoms with van der Waals surface area (Å²) in [7, 11) is 0. The van der Waals surface area contributed by atoms with Gasteiger partial charge in [-0.05, 0) is 25.3 Å². The summed E-state index contributed by atoms with van der Waals surface area (Å²) in [5.41, 5.74) is -0.495. The first-order valence-electron chi connectivity index (χ1n) is 4.74. The molecule has 1 aromatic rings. The van der Waals surface area contributed by atoms with Crippen molar-refractivity contribution in [3.63, 3.8) is 0 Å². The predicted octanol–water partition coefficient (Wildman–Crippen LogP) is 1.96. The molecular formula is C11H14N2OS. The number of thiophene rings is 1. The summed E-state index contributed by atoms with van der Waals surface area (Å²) in [4.78, 5) is 12.5. The van der Waals surface area contributed by atoms with Crippen molar-refractivity contribution in [2.45, 2.75) is 20.3 Å². The lowest BCUT2D eigenvalue weighted by Crippen LogP contribution is -2.33. The molecular weight excluding hydrogens is 208 g/mol. The molecule has 1 rings (SSSR count). The van der Waals surface area contributed by atoms with Crippen LogP contribution >= 0.6 is 11.3 Å². The van der Waals surface area contributed by atoms with Gasteiger partial charge in [-0.25, -0.2) is 0 Å². The number of nitrogens with one attached hydrogen (secondary N) is 1. The van der Waals surface area contributed by atoms with Crippen molar-refractivity contribution >= 4 is 17.2 Å². The molecule has 0 aliphatic rings. The minimum absolute atomic E-state index is 0.0271. The van der Waals surface area contributed by atoms with Gasteiger partial charge < -0.3 is 5.32 Å². The van der Waals surface area contributed by atoms with E-state index in [1.165, 1.54) is 0 Å². The second kappa shape index (κ2) is 4.94. The SMILES string of the molecule is CC(C)(C#N)CNC(=O)Cc1cccs1.